The predicted octanol–water partition coefficient (Wildman–Crippen LogP) is 4.54. The molecule has 0 fully saturated rings. The fraction of sp³-hybridized carbons (Fsp3) is 0.200. The largest absolute Gasteiger partial charge is 0.243 e. The average molecular weight is 376 g/mol. The van der Waals surface area contributed by atoms with E-state index in [1.54, 1.807) is 18.8 Å². The maximum absolute atomic E-state index is 12.5. The molecular formula is C15H15Cl2NO2S2. The van der Waals surface area contributed by atoms with Crippen LogP contribution >= 0.6 is 35.0 Å². The molecule has 0 unspecified atom stereocenters. The van der Waals surface area contributed by atoms with E-state index in [-0.39, 0.29) is 16.5 Å². The van der Waals surface area contributed by atoms with Gasteiger partial charge in [0.2, 0.25) is 10.0 Å². The van der Waals surface area contributed by atoms with Crippen molar-refractivity contribution in [3.8, 4) is 0 Å². The first-order chi connectivity index (χ1) is 10.3. The molecule has 0 atom stereocenters. The molecule has 2 aromatic rings. The van der Waals surface area contributed by atoms with Gasteiger partial charge in [-0.15, -0.1) is 11.8 Å². The van der Waals surface area contributed by atoms with Crippen LogP contribution in [-0.4, -0.2) is 26.0 Å². The minimum atomic E-state index is -3.61. The molecule has 0 radical (unpaired) electrons. The summed E-state index contributed by atoms with van der Waals surface area (Å²) in [7, 11) is -2.07. The van der Waals surface area contributed by atoms with Crippen LogP contribution in [0.1, 0.15) is 5.56 Å². The Morgan fingerprint density at radius 3 is 2.23 bits per heavy atom. The van der Waals surface area contributed by atoms with Crippen molar-refractivity contribution in [2.75, 3.05) is 13.3 Å². The van der Waals surface area contributed by atoms with Gasteiger partial charge in [-0.05, 0) is 42.2 Å². The highest BCUT2D eigenvalue weighted by molar-refractivity contribution is 7.98. The molecule has 0 heterocycles. The number of halogens is 2. The van der Waals surface area contributed by atoms with Gasteiger partial charge in [0.1, 0.15) is 0 Å². The highest BCUT2D eigenvalue weighted by Gasteiger charge is 2.21. The van der Waals surface area contributed by atoms with Gasteiger partial charge in [-0.25, -0.2) is 8.42 Å². The van der Waals surface area contributed by atoms with Crippen molar-refractivity contribution in [1.82, 2.24) is 4.31 Å². The molecule has 7 heteroatoms. The van der Waals surface area contributed by atoms with Crippen molar-refractivity contribution < 1.29 is 8.42 Å². The van der Waals surface area contributed by atoms with Crippen LogP contribution in [0, 0.1) is 0 Å². The van der Waals surface area contributed by atoms with Gasteiger partial charge in [0.15, 0.2) is 0 Å². The lowest BCUT2D eigenvalue weighted by atomic mass is 10.2. The molecule has 0 saturated heterocycles. The molecule has 0 aliphatic carbocycles. The number of nitrogens with zero attached hydrogens (tertiary/aromatic N) is 1. The fourth-order valence-corrected chi connectivity index (χ4v) is 3.85. The Balaban J connectivity index is 2.22. The van der Waals surface area contributed by atoms with E-state index in [9.17, 15) is 8.42 Å². The molecule has 2 rings (SSSR count). The van der Waals surface area contributed by atoms with Crippen molar-refractivity contribution >= 4 is 45.0 Å². The summed E-state index contributed by atoms with van der Waals surface area (Å²) >= 11 is 13.4. The Kier molecular flexibility index (Phi) is 5.80. The van der Waals surface area contributed by atoms with Crippen molar-refractivity contribution in [1.29, 1.82) is 0 Å². The summed E-state index contributed by atoms with van der Waals surface area (Å²) in [5.74, 6) is 0. The maximum atomic E-state index is 12.5. The van der Waals surface area contributed by atoms with Crippen LogP contribution in [0.25, 0.3) is 0 Å². The van der Waals surface area contributed by atoms with Crippen molar-refractivity contribution in [3.05, 3.63) is 58.1 Å². The molecule has 2 aromatic carbocycles. The lowest BCUT2D eigenvalue weighted by molar-refractivity contribution is 0.466. The van der Waals surface area contributed by atoms with Gasteiger partial charge in [-0.2, -0.15) is 4.31 Å². The molecule has 0 spiro atoms. The number of sulfonamides is 1. The first kappa shape index (κ1) is 17.6. The smallest absolute Gasteiger partial charge is 0.207 e. The molecular weight excluding hydrogens is 361 g/mol. The van der Waals surface area contributed by atoms with E-state index in [2.05, 4.69) is 0 Å². The lowest BCUT2D eigenvalue weighted by Crippen LogP contribution is -2.26. The monoisotopic (exact) mass is 375 g/mol. The number of rotatable bonds is 5. The van der Waals surface area contributed by atoms with Crippen LogP contribution in [-0.2, 0) is 16.6 Å². The number of hydrogen-bond acceptors (Lipinski definition) is 3. The molecule has 3 nitrogen and oxygen atoms in total. The number of thioether (sulfide) groups is 1. The molecule has 0 bridgehead atoms. The summed E-state index contributed by atoms with van der Waals surface area (Å²) in [6.07, 6.45) is 2.00. The third-order valence-electron chi connectivity index (χ3n) is 3.16. The topological polar surface area (TPSA) is 37.4 Å². The zero-order chi connectivity index (χ0) is 16.3. The molecule has 118 valence electrons. The van der Waals surface area contributed by atoms with Crippen molar-refractivity contribution in [2.24, 2.45) is 0 Å². The number of benzene rings is 2. The van der Waals surface area contributed by atoms with Crippen LogP contribution in [0.5, 0.6) is 0 Å². The molecule has 0 N–H and O–H groups in total. The molecule has 0 aliphatic rings. The predicted molar refractivity (Wildman–Crippen MR) is 93.3 cm³/mol. The molecule has 0 aromatic heterocycles. The second kappa shape index (κ2) is 7.23. The van der Waals surface area contributed by atoms with Crippen LogP contribution in [0.3, 0.4) is 0 Å². The number of hydrogen-bond donors (Lipinski definition) is 0. The zero-order valence-electron chi connectivity index (χ0n) is 12.1. The molecule has 0 aliphatic heterocycles. The molecule has 0 saturated carbocycles. The SMILES string of the molecule is CSc1ccc(CN(C)S(=O)(=O)c2ccc(Cl)c(Cl)c2)cc1. The van der Waals surface area contributed by atoms with E-state index in [0.717, 1.165) is 10.5 Å². The van der Waals surface area contributed by atoms with Gasteiger partial charge in [0, 0.05) is 18.5 Å². The van der Waals surface area contributed by atoms with E-state index < -0.39 is 10.0 Å². The van der Waals surface area contributed by atoms with Gasteiger partial charge < -0.3 is 0 Å². The van der Waals surface area contributed by atoms with Crippen LogP contribution < -0.4 is 0 Å². The summed E-state index contributed by atoms with van der Waals surface area (Å²) in [6, 6.07) is 12.1. The third kappa shape index (κ3) is 3.97. The van der Waals surface area contributed by atoms with E-state index in [0.29, 0.717) is 5.02 Å². The Labute approximate surface area is 145 Å². The molecule has 22 heavy (non-hydrogen) atoms. The minimum absolute atomic E-state index is 0.130. The molecule has 0 amide bonds. The first-order valence-electron chi connectivity index (χ1n) is 6.39. The van der Waals surface area contributed by atoms with E-state index in [4.69, 9.17) is 23.2 Å². The standard InChI is InChI=1S/C15H15Cl2NO2S2/c1-18(10-11-3-5-12(21-2)6-4-11)22(19,20)13-7-8-14(16)15(17)9-13/h3-9H,10H2,1-2H3. The van der Waals surface area contributed by atoms with Crippen LogP contribution in [0.15, 0.2) is 52.3 Å². The Morgan fingerprint density at radius 2 is 1.68 bits per heavy atom. The Hall–Kier alpha value is -0.720. The summed E-state index contributed by atoms with van der Waals surface area (Å²) in [6.45, 7) is 0.289. The minimum Gasteiger partial charge on any atom is -0.207 e. The summed E-state index contributed by atoms with van der Waals surface area (Å²) < 4.78 is 26.4. The normalized spacial score (nSPS) is 11.9. The van der Waals surface area contributed by atoms with E-state index in [1.165, 1.54) is 22.5 Å². The summed E-state index contributed by atoms with van der Waals surface area (Å²) in [4.78, 5) is 1.27. The van der Waals surface area contributed by atoms with Crippen molar-refractivity contribution in [2.45, 2.75) is 16.3 Å². The first-order valence-corrected chi connectivity index (χ1v) is 9.81. The van der Waals surface area contributed by atoms with Gasteiger partial charge in [-0.1, -0.05) is 35.3 Å². The van der Waals surface area contributed by atoms with Crippen molar-refractivity contribution in [3.63, 3.8) is 0 Å². The van der Waals surface area contributed by atoms with Crippen LogP contribution in [0.4, 0.5) is 0 Å². The lowest BCUT2D eigenvalue weighted by Gasteiger charge is -2.17. The van der Waals surface area contributed by atoms with Gasteiger partial charge in [0.05, 0.1) is 14.9 Å². The van der Waals surface area contributed by atoms with Crippen LogP contribution in [0.2, 0.25) is 10.0 Å². The summed E-state index contributed by atoms with van der Waals surface area (Å²) in [5, 5.41) is 0.552. The van der Waals surface area contributed by atoms with Gasteiger partial charge in [-0.3, -0.25) is 0 Å². The second-order valence-electron chi connectivity index (χ2n) is 4.69. The van der Waals surface area contributed by atoms with Gasteiger partial charge in [0.25, 0.3) is 0 Å². The Morgan fingerprint density at radius 1 is 1.05 bits per heavy atom. The highest BCUT2D eigenvalue weighted by Crippen LogP contribution is 2.26. The quantitative estimate of drug-likeness (QED) is 0.720. The zero-order valence-corrected chi connectivity index (χ0v) is 15.2. The maximum Gasteiger partial charge on any atom is 0.243 e. The Bertz CT molecular complexity index is 762. The van der Waals surface area contributed by atoms with E-state index >= 15 is 0 Å². The highest BCUT2D eigenvalue weighted by atomic mass is 35.5. The average Bonchev–Trinajstić information content (AvgIpc) is 2.50. The third-order valence-corrected chi connectivity index (χ3v) is 6.45. The van der Waals surface area contributed by atoms with Gasteiger partial charge >= 0.3 is 0 Å². The second-order valence-corrected chi connectivity index (χ2v) is 8.42. The van der Waals surface area contributed by atoms with E-state index in [1.807, 2.05) is 30.5 Å². The fourth-order valence-electron chi connectivity index (χ4n) is 1.89. The summed E-state index contributed by atoms with van der Waals surface area (Å²) in [5.41, 5.74) is 0.920.